The molecule has 11 heteroatoms. The topological polar surface area (TPSA) is 133 Å². The van der Waals surface area contributed by atoms with Crippen LogP contribution in [-0.4, -0.2) is 62.6 Å². The predicted molar refractivity (Wildman–Crippen MR) is 129 cm³/mol. The molecule has 6 rings (SSSR count). The van der Waals surface area contributed by atoms with E-state index in [1.165, 1.54) is 0 Å². The molecule has 1 aliphatic carbocycles. The second-order valence-corrected chi connectivity index (χ2v) is 10.5. The van der Waals surface area contributed by atoms with Crippen molar-refractivity contribution in [3.63, 3.8) is 0 Å². The number of hydrogen-bond donors (Lipinski definition) is 3. The molecule has 178 valence electrons. The maximum absolute atomic E-state index is 12.8. The molecule has 1 saturated heterocycles. The molecule has 0 aromatic carbocycles. The number of amides is 1. The van der Waals surface area contributed by atoms with Gasteiger partial charge in [-0.3, -0.25) is 9.78 Å². The van der Waals surface area contributed by atoms with E-state index < -0.39 is 0 Å². The van der Waals surface area contributed by atoms with Crippen LogP contribution in [0.25, 0.3) is 11.0 Å². The van der Waals surface area contributed by atoms with Gasteiger partial charge in [0.15, 0.2) is 5.65 Å². The highest BCUT2D eigenvalue weighted by Crippen LogP contribution is 2.56. The number of methoxy groups -OCH3 is 1. The standard InChI is InChI=1S/C23H28N8O2S/c1-11-6-26-14(12(2)17(11)33-3)9-31-19-16-18(30-31)23(4-5-23)15(27-20(32)13-7-25-8-13)10-34-21(16)29-22(24)28-19/h6,13,15,25H,4-5,7-10H2,1-3H3,(H,27,32)(H2,24,28,29). The van der Waals surface area contributed by atoms with Crippen molar-refractivity contribution in [3.05, 3.63) is 28.7 Å². The summed E-state index contributed by atoms with van der Waals surface area (Å²) in [6, 6.07) is -0.00750. The molecule has 3 aromatic heterocycles. The van der Waals surface area contributed by atoms with Gasteiger partial charge >= 0.3 is 0 Å². The van der Waals surface area contributed by atoms with Crippen molar-refractivity contribution >= 4 is 34.7 Å². The first kappa shape index (κ1) is 21.6. The third-order valence-electron chi connectivity index (χ3n) is 7.41. The molecule has 4 N–H and O–H groups in total. The third-order valence-corrected chi connectivity index (χ3v) is 8.48. The summed E-state index contributed by atoms with van der Waals surface area (Å²) < 4.78 is 7.48. The summed E-state index contributed by atoms with van der Waals surface area (Å²) in [5.74, 6) is 1.96. The molecular formula is C23H28N8O2S. The van der Waals surface area contributed by atoms with Crippen molar-refractivity contribution < 1.29 is 9.53 Å². The van der Waals surface area contributed by atoms with E-state index in [1.54, 1.807) is 18.9 Å². The number of hydrogen-bond acceptors (Lipinski definition) is 9. The molecule has 10 nitrogen and oxygen atoms in total. The quantitative estimate of drug-likeness (QED) is 0.462. The number of fused-ring (bicyclic) bond motifs is 1. The number of nitrogens with two attached hydrogens (primary N) is 1. The summed E-state index contributed by atoms with van der Waals surface area (Å²) in [6.45, 7) is 5.93. The van der Waals surface area contributed by atoms with E-state index in [0.717, 1.165) is 70.4 Å². The Labute approximate surface area is 201 Å². The number of aryl methyl sites for hydroxylation is 1. The molecule has 1 atom stereocenters. The number of pyridine rings is 1. The van der Waals surface area contributed by atoms with E-state index in [9.17, 15) is 4.79 Å². The van der Waals surface area contributed by atoms with Crippen LogP contribution in [0.5, 0.6) is 5.75 Å². The number of aromatic nitrogens is 5. The summed E-state index contributed by atoms with van der Waals surface area (Å²) >= 11 is 1.63. The largest absolute Gasteiger partial charge is 0.496 e. The van der Waals surface area contributed by atoms with Crippen LogP contribution < -0.4 is 21.1 Å². The highest BCUT2D eigenvalue weighted by atomic mass is 32.2. The number of nitrogen functional groups attached to an aromatic ring is 1. The van der Waals surface area contributed by atoms with Gasteiger partial charge in [-0.15, -0.1) is 11.8 Å². The van der Waals surface area contributed by atoms with Gasteiger partial charge in [0.1, 0.15) is 10.8 Å². The highest BCUT2D eigenvalue weighted by molar-refractivity contribution is 7.99. The minimum atomic E-state index is -0.193. The number of carbonyl (C=O) groups is 1. The Hall–Kier alpha value is -2.92. The Kier molecular flexibility index (Phi) is 4.96. The lowest BCUT2D eigenvalue weighted by Gasteiger charge is -2.31. The zero-order chi connectivity index (χ0) is 23.6. The summed E-state index contributed by atoms with van der Waals surface area (Å²) in [4.78, 5) is 26.6. The molecule has 3 aromatic rings. The number of ether oxygens (including phenoxy) is 1. The molecule has 1 spiro atoms. The summed E-state index contributed by atoms with van der Waals surface area (Å²) in [5.41, 5.74) is 10.5. The number of thioether (sulfide) groups is 1. The van der Waals surface area contributed by atoms with E-state index in [-0.39, 0.29) is 29.2 Å². The summed E-state index contributed by atoms with van der Waals surface area (Å²) in [5, 5.41) is 13.4. The second kappa shape index (κ2) is 7.81. The SMILES string of the molecule is COc1c(C)cnc(Cn2nc3c4c(nc(N)nc42)SCC(NC(=O)C2CNC2)C32CC2)c1C. The molecule has 34 heavy (non-hydrogen) atoms. The van der Waals surface area contributed by atoms with Crippen LogP contribution in [0, 0.1) is 19.8 Å². The number of carbonyl (C=O) groups excluding carboxylic acids is 1. The van der Waals surface area contributed by atoms with Crippen LogP contribution >= 0.6 is 11.8 Å². The van der Waals surface area contributed by atoms with Crippen LogP contribution in [0.15, 0.2) is 11.2 Å². The Morgan fingerprint density at radius 1 is 1.35 bits per heavy atom. The zero-order valence-corrected chi connectivity index (χ0v) is 20.3. The molecule has 0 radical (unpaired) electrons. The van der Waals surface area contributed by atoms with E-state index in [0.29, 0.717) is 12.2 Å². The van der Waals surface area contributed by atoms with E-state index in [1.807, 2.05) is 24.7 Å². The molecule has 2 fully saturated rings. The van der Waals surface area contributed by atoms with Gasteiger partial charge in [0.2, 0.25) is 11.9 Å². The summed E-state index contributed by atoms with van der Waals surface area (Å²) in [6.07, 6.45) is 3.78. The molecule has 5 heterocycles. The fourth-order valence-corrected chi connectivity index (χ4v) is 6.36. The molecule has 1 saturated carbocycles. The van der Waals surface area contributed by atoms with Gasteiger partial charge in [0.25, 0.3) is 0 Å². The van der Waals surface area contributed by atoms with Crippen LogP contribution in [0.2, 0.25) is 0 Å². The smallest absolute Gasteiger partial charge is 0.225 e. The Bertz CT molecular complexity index is 1310. The van der Waals surface area contributed by atoms with Gasteiger partial charge < -0.3 is 21.1 Å². The highest BCUT2D eigenvalue weighted by Gasteiger charge is 2.56. The van der Waals surface area contributed by atoms with Crippen molar-refractivity contribution in [2.45, 2.75) is 49.7 Å². The van der Waals surface area contributed by atoms with Gasteiger partial charge in [0.05, 0.1) is 36.3 Å². The molecular weight excluding hydrogens is 452 g/mol. The maximum atomic E-state index is 12.8. The number of nitrogens with one attached hydrogen (secondary N) is 2. The molecule has 2 aliphatic heterocycles. The Balaban J connectivity index is 1.43. The van der Waals surface area contributed by atoms with E-state index in [2.05, 4.69) is 25.6 Å². The van der Waals surface area contributed by atoms with Gasteiger partial charge in [-0.2, -0.15) is 10.1 Å². The van der Waals surface area contributed by atoms with Crippen molar-refractivity contribution in [1.82, 2.24) is 35.4 Å². The monoisotopic (exact) mass is 480 g/mol. The van der Waals surface area contributed by atoms with Crippen LogP contribution in [0.3, 0.4) is 0 Å². The maximum Gasteiger partial charge on any atom is 0.225 e. The third kappa shape index (κ3) is 3.24. The lowest BCUT2D eigenvalue weighted by Crippen LogP contribution is -2.55. The molecule has 0 bridgehead atoms. The lowest BCUT2D eigenvalue weighted by atomic mass is 9.91. The fraction of sp³-hybridized carbons (Fsp3) is 0.522. The van der Waals surface area contributed by atoms with Gasteiger partial charge in [-0.1, -0.05) is 0 Å². The molecule has 1 unspecified atom stereocenters. The number of nitrogens with zero attached hydrogens (tertiary/aromatic N) is 5. The second-order valence-electron chi connectivity index (χ2n) is 9.52. The van der Waals surface area contributed by atoms with Crippen LogP contribution in [0.1, 0.15) is 35.4 Å². The summed E-state index contributed by atoms with van der Waals surface area (Å²) in [7, 11) is 1.68. The van der Waals surface area contributed by atoms with Crippen LogP contribution in [-0.2, 0) is 16.8 Å². The van der Waals surface area contributed by atoms with Crippen molar-refractivity contribution in [3.8, 4) is 5.75 Å². The average Bonchev–Trinajstić information content (AvgIpc) is 3.50. The van der Waals surface area contributed by atoms with E-state index >= 15 is 0 Å². The van der Waals surface area contributed by atoms with E-state index in [4.69, 9.17) is 15.6 Å². The van der Waals surface area contributed by atoms with Crippen LogP contribution in [0.4, 0.5) is 5.95 Å². The fourth-order valence-electron chi connectivity index (χ4n) is 5.14. The Morgan fingerprint density at radius 2 is 2.15 bits per heavy atom. The first-order valence-corrected chi connectivity index (χ1v) is 12.6. The minimum absolute atomic E-state index is 0.00750. The van der Waals surface area contributed by atoms with Gasteiger partial charge in [-0.25, -0.2) is 9.67 Å². The van der Waals surface area contributed by atoms with Gasteiger partial charge in [0, 0.05) is 47.6 Å². The van der Waals surface area contributed by atoms with Gasteiger partial charge in [-0.05, 0) is 26.7 Å². The zero-order valence-electron chi connectivity index (χ0n) is 19.5. The predicted octanol–water partition coefficient (Wildman–Crippen LogP) is 1.32. The van der Waals surface area contributed by atoms with Crippen molar-refractivity contribution in [1.29, 1.82) is 0 Å². The average molecular weight is 481 g/mol. The lowest BCUT2D eigenvalue weighted by molar-refractivity contribution is -0.127. The number of rotatable bonds is 5. The normalized spacial score (nSPS) is 20.7. The van der Waals surface area contributed by atoms with Crippen molar-refractivity contribution in [2.75, 3.05) is 31.7 Å². The minimum Gasteiger partial charge on any atom is -0.496 e. The first-order chi connectivity index (χ1) is 16.4. The molecule has 3 aliphatic rings. The number of anilines is 1. The van der Waals surface area contributed by atoms with Crippen molar-refractivity contribution in [2.24, 2.45) is 5.92 Å². The first-order valence-electron chi connectivity index (χ1n) is 11.6. The molecule has 1 amide bonds. The Morgan fingerprint density at radius 3 is 2.82 bits per heavy atom.